The SMILES string of the molecule is Cc1ccc(-c2nc(COC(=O)CC3Oc4ccccc4NC3=O)cs2)cc1. The van der Waals surface area contributed by atoms with Crippen molar-refractivity contribution in [2.45, 2.75) is 26.1 Å². The highest BCUT2D eigenvalue weighted by Crippen LogP contribution is 2.30. The Hall–Kier alpha value is -3.19. The van der Waals surface area contributed by atoms with Crippen LogP contribution in [0.4, 0.5) is 5.69 Å². The van der Waals surface area contributed by atoms with Gasteiger partial charge in [-0.05, 0) is 19.1 Å². The number of anilines is 1. The van der Waals surface area contributed by atoms with Crippen LogP contribution in [0.2, 0.25) is 0 Å². The van der Waals surface area contributed by atoms with Gasteiger partial charge < -0.3 is 14.8 Å². The number of thiazole rings is 1. The Kier molecular flexibility index (Phi) is 5.08. The molecule has 3 aromatic rings. The Morgan fingerprint density at radius 2 is 2.00 bits per heavy atom. The number of nitrogens with one attached hydrogen (secondary N) is 1. The Balaban J connectivity index is 1.33. The molecule has 0 spiro atoms. The second-order valence-electron chi connectivity index (χ2n) is 6.47. The van der Waals surface area contributed by atoms with E-state index in [1.54, 1.807) is 24.3 Å². The topological polar surface area (TPSA) is 77.5 Å². The third-order valence-corrected chi connectivity index (χ3v) is 5.23. The molecule has 6 nitrogen and oxygen atoms in total. The summed E-state index contributed by atoms with van der Waals surface area (Å²) in [5.74, 6) is -0.322. The van der Waals surface area contributed by atoms with E-state index >= 15 is 0 Å². The fourth-order valence-corrected chi connectivity index (χ4v) is 3.60. The normalized spacial score (nSPS) is 15.3. The lowest BCUT2D eigenvalue weighted by Gasteiger charge is -2.25. The van der Waals surface area contributed by atoms with Crippen LogP contribution in [0.5, 0.6) is 5.75 Å². The highest BCUT2D eigenvalue weighted by atomic mass is 32.1. The molecule has 0 radical (unpaired) electrons. The summed E-state index contributed by atoms with van der Waals surface area (Å²) >= 11 is 1.50. The number of aryl methyl sites for hydroxylation is 1. The summed E-state index contributed by atoms with van der Waals surface area (Å²) in [6.45, 7) is 2.09. The first-order valence-corrected chi connectivity index (χ1v) is 9.70. The maximum absolute atomic E-state index is 12.1. The van der Waals surface area contributed by atoms with Gasteiger partial charge in [-0.25, -0.2) is 4.98 Å². The number of fused-ring (bicyclic) bond motifs is 1. The van der Waals surface area contributed by atoms with Crippen molar-refractivity contribution in [3.05, 3.63) is 65.2 Å². The Bertz CT molecular complexity index is 1010. The van der Waals surface area contributed by atoms with E-state index in [2.05, 4.69) is 10.3 Å². The molecule has 142 valence electrons. The van der Waals surface area contributed by atoms with Gasteiger partial charge in [0.05, 0.1) is 17.8 Å². The van der Waals surface area contributed by atoms with Gasteiger partial charge in [-0.2, -0.15) is 0 Å². The van der Waals surface area contributed by atoms with Crippen LogP contribution in [0.15, 0.2) is 53.9 Å². The zero-order valence-corrected chi connectivity index (χ0v) is 16.0. The molecule has 4 rings (SSSR count). The number of carbonyl (C=O) groups is 2. The maximum Gasteiger partial charge on any atom is 0.310 e. The number of carbonyl (C=O) groups excluding carboxylic acids is 2. The fourth-order valence-electron chi connectivity index (χ4n) is 2.79. The van der Waals surface area contributed by atoms with Crippen molar-refractivity contribution in [3.63, 3.8) is 0 Å². The number of aromatic nitrogens is 1. The standard InChI is InChI=1S/C21H18N2O4S/c1-13-6-8-14(9-7-13)21-22-15(12-28-21)11-26-19(24)10-18-20(25)23-16-4-2-3-5-17(16)27-18/h2-9,12,18H,10-11H2,1H3,(H,23,25). The van der Waals surface area contributed by atoms with E-state index in [1.807, 2.05) is 36.6 Å². The van der Waals surface area contributed by atoms with Gasteiger partial charge in [0.2, 0.25) is 0 Å². The zero-order chi connectivity index (χ0) is 19.5. The lowest BCUT2D eigenvalue weighted by molar-refractivity contribution is -0.149. The number of hydrogen-bond acceptors (Lipinski definition) is 6. The van der Waals surface area contributed by atoms with Gasteiger partial charge >= 0.3 is 5.97 Å². The molecular formula is C21H18N2O4S. The number of esters is 1. The summed E-state index contributed by atoms with van der Waals surface area (Å²) in [5, 5.41) is 5.47. The van der Waals surface area contributed by atoms with E-state index < -0.39 is 12.1 Å². The van der Waals surface area contributed by atoms with Crippen LogP contribution < -0.4 is 10.1 Å². The summed E-state index contributed by atoms with van der Waals surface area (Å²) in [6, 6.07) is 15.2. The van der Waals surface area contributed by atoms with Gasteiger partial charge in [0.25, 0.3) is 5.91 Å². The summed E-state index contributed by atoms with van der Waals surface area (Å²) in [6.07, 6.45) is -1.06. The minimum Gasteiger partial charge on any atom is -0.478 e. The Morgan fingerprint density at radius 1 is 1.21 bits per heavy atom. The first-order chi connectivity index (χ1) is 13.6. The largest absolute Gasteiger partial charge is 0.478 e. The number of ether oxygens (including phenoxy) is 2. The molecule has 2 heterocycles. The van der Waals surface area contributed by atoms with Gasteiger partial charge in [0.15, 0.2) is 6.10 Å². The Labute approximate surface area is 166 Å². The first-order valence-electron chi connectivity index (χ1n) is 8.82. The van der Waals surface area contributed by atoms with Crippen molar-refractivity contribution in [2.75, 3.05) is 5.32 Å². The zero-order valence-electron chi connectivity index (χ0n) is 15.2. The van der Waals surface area contributed by atoms with Crippen molar-refractivity contribution in [2.24, 2.45) is 0 Å². The lowest BCUT2D eigenvalue weighted by Crippen LogP contribution is -2.38. The van der Waals surface area contributed by atoms with Crippen molar-refractivity contribution in [1.29, 1.82) is 0 Å². The average Bonchev–Trinajstić information content (AvgIpc) is 3.16. The molecule has 1 aromatic heterocycles. The van der Waals surface area contributed by atoms with E-state index in [0.29, 0.717) is 17.1 Å². The van der Waals surface area contributed by atoms with E-state index in [0.717, 1.165) is 10.6 Å². The average molecular weight is 394 g/mol. The number of rotatable bonds is 5. The molecule has 1 aliphatic heterocycles. The molecule has 1 aliphatic rings. The van der Waals surface area contributed by atoms with Crippen LogP contribution in [0.1, 0.15) is 17.7 Å². The van der Waals surface area contributed by atoms with Crippen molar-refractivity contribution >= 4 is 28.9 Å². The Morgan fingerprint density at radius 3 is 2.82 bits per heavy atom. The molecule has 1 atom stereocenters. The third-order valence-electron chi connectivity index (χ3n) is 4.29. The van der Waals surface area contributed by atoms with Gasteiger partial charge in [-0.1, -0.05) is 42.0 Å². The second kappa shape index (κ2) is 7.82. The number of amides is 1. The highest BCUT2D eigenvalue weighted by molar-refractivity contribution is 7.13. The van der Waals surface area contributed by atoms with Gasteiger partial charge in [-0.3, -0.25) is 9.59 Å². The smallest absolute Gasteiger partial charge is 0.310 e. The van der Waals surface area contributed by atoms with Gasteiger partial charge in [-0.15, -0.1) is 11.3 Å². The summed E-state index contributed by atoms with van der Waals surface area (Å²) in [4.78, 5) is 28.8. The molecule has 0 saturated heterocycles. The minimum atomic E-state index is -0.902. The van der Waals surface area contributed by atoms with E-state index in [9.17, 15) is 9.59 Å². The number of para-hydroxylation sites is 2. The first kappa shape index (κ1) is 18.2. The number of hydrogen-bond donors (Lipinski definition) is 1. The molecule has 1 amide bonds. The summed E-state index contributed by atoms with van der Waals surface area (Å²) < 4.78 is 10.9. The minimum absolute atomic E-state index is 0.0616. The predicted molar refractivity (Wildman–Crippen MR) is 106 cm³/mol. The van der Waals surface area contributed by atoms with Crippen molar-refractivity contribution in [1.82, 2.24) is 4.98 Å². The molecule has 0 aliphatic carbocycles. The molecule has 0 bridgehead atoms. The fraction of sp³-hybridized carbons (Fsp3) is 0.190. The molecule has 28 heavy (non-hydrogen) atoms. The van der Waals surface area contributed by atoms with Crippen LogP contribution in [-0.4, -0.2) is 23.0 Å². The van der Waals surface area contributed by atoms with Crippen LogP contribution in [-0.2, 0) is 20.9 Å². The highest BCUT2D eigenvalue weighted by Gasteiger charge is 2.30. The van der Waals surface area contributed by atoms with E-state index in [1.165, 1.54) is 16.9 Å². The molecule has 1 unspecified atom stereocenters. The van der Waals surface area contributed by atoms with Crippen LogP contribution in [0.25, 0.3) is 10.6 Å². The van der Waals surface area contributed by atoms with Gasteiger partial charge in [0.1, 0.15) is 17.4 Å². The van der Waals surface area contributed by atoms with Crippen molar-refractivity contribution in [3.8, 4) is 16.3 Å². The molecule has 1 N–H and O–H groups in total. The maximum atomic E-state index is 12.1. The molecule has 0 fully saturated rings. The molecular weight excluding hydrogens is 376 g/mol. The number of nitrogens with zero attached hydrogens (tertiary/aromatic N) is 1. The predicted octanol–water partition coefficient (Wildman–Crippen LogP) is 3.95. The summed E-state index contributed by atoms with van der Waals surface area (Å²) in [7, 11) is 0. The second-order valence-corrected chi connectivity index (χ2v) is 7.32. The molecule has 2 aromatic carbocycles. The van der Waals surface area contributed by atoms with Crippen LogP contribution in [0, 0.1) is 6.92 Å². The van der Waals surface area contributed by atoms with Crippen LogP contribution in [0.3, 0.4) is 0 Å². The van der Waals surface area contributed by atoms with E-state index in [4.69, 9.17) is 9.47 Å². The molecule has 0 saturated carbocycles. The van der Waals surface area contributed by atoms with Crippen LogP contribution >= 0.6 is 11.3 Å². The van der Waals surface area contributed by atoms with Crippen molar-refractivity contribution < 1.29 is 19.1 Å². The van der Waals surface area contributed by atoms with Gasteiger partial charge in [0, 0.05) is 10.9 Å². The third kappa shape index (κ3) is 4.04. The monoisotopic (exact) mass is 394 g/mol. The lowest BCUT2D eigenvalue weighted by atomic mass is 10.1. The molecule has 7 heteroatoms. The quantitative estimate of drug-likeness (QED) is 0.663. The summed E-state index contributed by atoms with van der Waals surface area (Å²) in [5.41, 5.74) is 3.49. The van der Waals surface area contributed by atoms with E-state index in [-0.39, 0.29) is 18.9 Å². The number of benzene rings is 2.